The van der Waals surface area contributed by atoms with Gasteiger partial charge in [0.15, 0.2) is 0 Å². The van der Waals surface area contributed by atoms with Crippen molar-refractivity contribution in [2.24, 2.45) is 0 Å². The number of anilines is 1. The van der Waals surface area contributed by atoms with Gasteiger partial charge in [-0.2, -0.15) is 0 Å². The lowest BCUT2D eigenvalue weighted by Gasteiger charge is -2.31. The van der Waals surface area contributed by atoms with Gasteiger partial charge in [0.1, 0.15) is 11.9 Å². The zero-order valence-corrected chi connectivity index (χ0v) is 13.4. The zero-order valence-electron chi connectivity index (χ0n) is 12.6. The lowest BCUT2D eigenvalue weighted by atomic mass is 10.1. The van der Waals surface area contributed by atoms with Crippen molar-refractivity contribution in [3.05, 3.63) is 23.2 Å². The quantitative estimate of drug-likeness (QED) is 0.897. The molecule has 0 radical (unpaired) electrons. The van der Waals surface area contributed by atoms with Crippen molar-refractivity contribution in [1.29, 1.82) is 0 Å². The largest absolute Gasteiger partial charge is 0.495 e. The van der Waals surface area contributed by atoms with E-state index in [1.165, 1.54) is 7.11 Å². The monoisotopic (exact) mass is 326 g/mol. The molecule has 7 heteroatoms. The number of likely N-dealkylation sites (N-methyl/N-ethyl adjacent to an activating group) is 1. The molecule has 1 aromatic rings. The first-order valence-corrected chi connectivity index (χ1v) is 7.46. The van der Waals surface area contributed by atoms with Gasteiger partial charge in [0, 0.05) is 18.1 Å². The van der Waals surface area contributed by atoms with Gasteiger partial charge in [-0.25, -0.2) is 0 Å². The summed E-state index contributed by atoms with van der Waals surface area (Å²) in [4.78, 5) is 25.9. The van der Waals surface area contributed by atoms with Crippen molar-refractivity contribution < 1.29 is 19.1 Å². The van der Waals surface area contributed by atoms with E-state index < -0.39 is 6.10 Å². The molecule has 1 aliphatic rings. The van der Waals surface area contributed by atoms with Gasteiger partial charge in [0.2, 0.25) is 5.91 Å². The molecule has 1 saturated heterocycles. The summed E-state index contributed by atoms with van der Waals surface area (Å²) in [5.41, 5.74) is 0.468. The Bertz CT molecular complexity index is 564. The van der Waals surface area contributed by atoms with Crippen LogP contribution in [-0.4, -0.2) is 49.6 Å². The summed E-state index contributed by atoms with van der Waals surface area (Å²) in [6.07, 6.45) is -0.774. The van der Waals surface area contributed by atoms with E-state index in [4.69, 9.17) is 21.1 Å². The Kier molecular flexibility index (Phi) is 5.63. The fraction of sp³-hybridized carbons (Fsp3) is 0.467. The number of nitrogens with zero attached hydrogens (tertiary/aromatic N) is 1. The first kappa shape index (κ1) is 16.6. The van der Waals surface area contributed by atoms with Crippen molar-refractivity contribution in [3.63, 3.8) is 0 Å². The van der Waals surface area contributed by atoms with Crippen molar-refractivity contribution in [2.45, 2.75) is 19.4 Å². The van der Waals surface area contributed by atoms with Crippen LogP contribution >= 0.6 is 11.6 Å². The third kappa shape index (κ3) is 3.90. The molecule has 6 nitrogen and oxygen atoms in total. The highest BCUT2D eigenvalue weighted by atomic mass is 35.5. The molecule has 0 bridgehead atoms. The van der Waals surface area contributed by atoms with Crippen LogP contribution in [-0.2, 0) is 14.3 Å². The van der Waals surface area contributed by atoms with E-state index in [-0.39, 0.29) is 18.2 Å². The van der Waals surface area contributed by atoms with Crippen LogP contribution < -0.4 is 10.1 Å². The Morgan fingerprint density at radius 3 is 3.00 bits per heavy atom. The van der Waals surface area contributed by atoms with E-state index in [9.17, 15) is 9.59 Å². The van der Waals surface area contributed by atoms with Crippen LogP contribution in [0.2, 0.25) is 5.02 Å². The summed E-state index contributed by atoms with van der Waals surface area (Å²) >= 11 is 5.92. The molecule has 0 unspecified atom stereocenters. The topological polar surface area (TPSA) is 67.9 Å². The molecule has 1 fully saturated rings. The minimum atomic E-state index is -0.737. The molecule has 2 amide bonds. The zero-order chi connectivity index (χ0) is 16.1. The highest BCUT2D eigenvalue weighted by Gasteiger charge is 2.30. The summed E-state index contributed by atoms with van der Waals surface area (Å²) in [5, 5.41) is 3.19. The second-order valence-corrected chi connectivity index (χ2v) is 5.31. The molecular weight excluding hydrogens is 308 g/mol. The Balaban J connectivity index is 2.01. The molecule has 22 heavy (non-hydrogen) atoms. The van der Waals surface area contributed by atoms with Crippen molar-refractivity contribution in [1.82, 2.24) is 4.90 Å². The normalized spacial score (nSPS) is 18.2. The minimum absolute atomic E-state index is 0.0367. The molecule has 0 saturated carbocycles. The van der Waals surface area contributed by atoms with E-state index in [2.05, 4.69) is 5.32 Å². The van der Waals surface area contributed by atoms with Gasteiger partial charge >= 0.3 is 0 Å². The van der Waals surface area contributed by atoms with Gasteiger partial charge in [-0.05, 0) is 25.1 Å². The number of methoxy groups -OCH3 is 1. The van der Waals surface area contributed by atoms with Crippen LogP contribution in [0.3, 0.4) is 0 Å². The molecule has 1 aromatic carbocycles. The highest BCUT2D eigenvalue weighted by molar-refractivity contribution is 6.31. The molecular formula is C15H19ClN2O4. The lowest BCUT2D eigenvalue weighted by molar-refractivity contribution is -0.154. The molecule has 2 rings (SSSR count). The number of morpholine rings is 1. The lowest BCUT2D eigenvalue weighted by Crippen LogP contribution is -2.48. The molecule has 1 N–H and O–H groups in total. The van der Waals surface area contributed by atoms with Gasteiger partial charge in [-0.1, -0.05) is 11.6 Å². The van der Waals surface area contributed by atoms with Crippen LogP contribution in [0.1, 0.15) is 13.3 Å². The highest BCUT2D eigenvalue weighted by Crippen LogP contribution is 2.28. The number of carbonyl (C=O) groups is 2. The Morgan fingerprint density at radius 1 is 1.55 bits per heavy atom. The Hall–Kier alpha value is -1.79. The number of carbonyl (C=O) groups excluding carboxylic acids is 2. The van der Waals surface area contributed by atoms with Gasteiger partial charge in [-0.3, -0.25) is 9.59 Å². The number of ether oxygens (including phenoxy) is 2. The molecule has 0 aliphatic carbocycles. The van der Waals surface area contributed by atoms with E-state index >= 15 is 0 Å². The number of halogens is 1. The van der Waals surface area contributed by atoms with Gasteiger partial charge in [0.25, 0.3) is 5.91 Å². The third-order valence-electron chi connectivity index (χ3n) is 3.46. The predicted molar refractivity (Wildman–Crippen MR) is 83.2 cm³/mol. The van der Waals surface area contributed by atoms with E-state index in [1.54, 1.807) is 23.1 Å². The fourth-order valence-corrected chi connectivity index (χ4v) is 2.47. The maximum absolute atomic E-state index is 12.1. The van der Waals surface area contributed by atoms with Gasteiger partial charge in [0.05, 0.1) is 25.8 Å². The second kappa shape index (κ2) is 7.47. The minimum Gasteiger partial charge on any atom is -0.495 e. The molecule has 0 spiro atoms. The van der Waals surface area contributed by atoms with E-state index in [0.29, 0.717) is 36.2 Å². The molecule has 1 atom stereocenters. The SMILES string of the molecule is CCN1CCO[C@@H](CC(=O)Nc2cc(Cl)ccc2OC)C1=O. The summed E-state index contributed by atoms with van der Waals surface area (Å²) in [7, 11) is 1.51. The van der Waals surface area contributed by atoms with Crippen LogP contribution in [0.25, 0.3) is 0 Å². The van der Waals surface area contributed by atoms with E-state index in [1.807, 2.05) is 6.92 Å². The second-order valence-electron chi connectivity index (χ2n) is 4.87. The number of nitrogens with one attached hydrogen (secondary N) is 1. The number of benzene rings is 1. The average molecular weight is 327 g/mol. The number of rotatable bonds is 5. The smallest absolute Gasteiger partial charge is 0.252 e. The molecule has 0 aromatic heterocycles. The molecule has 1 heterocycles. The summed E-state index contributed by atoms with van der Waals surface area (Å²) < 4.78 is 10.6. The summed E-state index contributed by atoms with van der Waals surface area (Å²) in [6, 6.07) is 4.93. The van der Waals surface area contributed by atoms with Crippen molar-refractivity contribution >= 4 is 29.1 Å². The third-order valence-corrected chi connectivity index (χ3v) is 3.69. The standard InChI is InChI=1S/C15H19ClN2O4/c1-3-18-6-7-22-13(15(18)20)9-14(19)17-11-8-10(16)4-5-12(11)21-2/h4-5,8,13H,3,6-7,9H2,1-2H3,(H,17,19)/t13-/m0/s1. The number of hydrogen-bond acceptors (Lipinski definition) is 4. The maximum atomic E-state index is 12.1. The number of amides is 2. The van der Waals surface area contributed by atoms with Crippen molar-refractivity contribution in [2.75, 3.05) is 32.1 Å². The predicted octanol–water partition coefficient (Wildman–Crippen LogP) is 1.92. The van der Waals surface area contributed by atoms with E-state index in [0.717, 1.165) is 0 Å². The Labute approximate surface area is 134 Å². The first-order chi connectivity index (χ1) is 10.5. The first-order valence-electron chi connectivity index (χ1n) is 7.09. The fourth-order valence-electron chi connectivity index (χ4n) is 2.30. The van der Waals surface area contributed by atoms with Crippen LogP contribution in [0.4, 0.5) is 5.69 Å². The van der Waals surface area contributed by atoms with Gasteiger partial charge < -0.3 is 19.7 Å². The van der Waals surface area contributed by atoms with Crippen molar-refractivity contribution in [3.8, 4) is 5.75 Å². The van der Waals surface area contributed by atoms with Crippen LogP contribution in [0.5, 0.6) is 5.75 Å². The Morgan fingerprint density at radius 2 is 2.32 bits per heavy atom. The maximum Gasteiger partial charge on any atom is 0.252 e. The summed E-state index contributed by atoms with van der Waals surface area (Å²) in [5.74, 6) is 0.0302. The average Bonchev–Trinajstić information content (AvgIpc) is 2.49. The molecule has 120 valence electrons. The summed E-state index contributed by atoms with van der Waals surface area (Å²) in [6.45, 7) is 3.52. The van der Waals surface area contributed by atoms with Crippen LogP contribution in [0.15, 0.2) is 18.2 Å². The van der Waals surface area contributed by atoms with Crippen LogP contribution in [0, 0.1) is 0 Å². The molecule has 1 aliphatic heterocycles. The number of hydrogen-bond donors (Lipinski definition) is 1. The van der Waals surface area contributed by atoms with Gasteiger partial charge in [-0.15, -0.1) is 0 Å².